The molecule has 3 aromatic rings. The molecule has 0 saturated carbocycles. The van der Waals surface area contributed by atoms with E-state index in [9.17, 15) is 15.4 Å². The van der Waals surface area contributed by atoms with Gasteiger partial charge in [-0.25, -0.2) is 4.98 Å². The first-order valence-corrected chi connectivity index (χ1v) is 12.5. The van der Waals surface area contributed by atoms with Crippen LogP contribution in [0.25, 0.3) is 10.4 Å². The van der Waals surface area contributed by atoms with Gasteiger partial charge in [-0.2, -0.15) is 5.26 Å². The predicted octanol–water partition coefficient (Wildman–Crippen LogP) is 7.03. The van der Waals surface area contributed by atoms with E-state index >= 15 is 0 Å². The van der Waals surface area contributed by atoms with Crippen LogP contribution in [0.2, 0.25) is 0 Å². The smallest absolute Gasteiger partial charge is 0.258 e. The Balaban J connectivity index is 1.72. The number of fused-ring (bicyclic) bond motifs is 1. The van der Waals surface area contributed by atoms with Gasteiger partial charge in [0.05, 0.1) is 10.5 Å². The molecule has 5 nitrogen and oxygen atoms in total. The Morgan fingerprint density at radius 2 is 2.03 bits per heavy atom. The lowest BCUT2D eigenvalue weighted by atomic mass is 9.70. The fraction of sp³-hybridized carbons (Fsp3) is 0.360. The standard InChI is InChI=1S/C25H25N3O2S2/c1-25(2,3)17-8-11-21-19(13-17)23(22-5-4-12-31-22)20(14-26)24(27-21)32-15-16-6-9-18(10-7-16)28(29)30/h4-7,9-10,12,17H,8,11,13,15H2,1-3H3/t17-/m0/s1. The monoisotopic (exact) mass is 463 g/mol. The Kier molecular flexibility index (Phi) is 6.36. The number of aromatic nitrogens is 1. The number of nitrogens with zero attached hydrogens (tertiary/aromatic N) is 3. The number of thioether (sulfide) groups is 1. The van der Waals surface area contributed by atoms with Crippen molar-refractivity contribution in [3.8, 4) is 16.5 Å². The molecule has 1 aliphatic carbocycles. The number of aryl methyl sites for hydroxylation is 1. The maximum Gasteiger partial charge on any atom is 0.269 e. The summed E-state index contributed by atoms with van der Waals surface area (Å²) in [5, 5.41) is 23.9. The van der Waals surface area contributed by atoms with Gasteiger partial charge < -0.3 is 0 Å². The van der Waals surface area contributed by atoms with E-state index in [4.69, 9.17) is 4.98 Å². The molecule has 1 atom stereocenters. The summed E-state index contributed by atoms with van der Waals surface area (Å²) in [5.41, 5.74) is 5.29. The highest BCUT2D eigenvalue weighted by molar-refractivity contribution is 7.98. The van der Waals surface area contributed by atoms with Crippen LogP contribution in [0.15, 0.2) is 46.8 Å². The Morgan fingerprint density at radius 3 is 2.62 bits per heavy atom. The zero-order valence-electron chi connectivity index (χ0n) is 18.4. The van der Waals surface area contributed by atoms with Crippen molar-refractivity contribution in [1.82, 2.24) is 4.98 Å². The summed E-state index contributed by atoms with van der Waals surface area (Å²) in [6, 6.07) is 13.1. The minimum Gasteiger partial charge on any atom is -0.258 e. The largest absolute Gasteiger partial charge is 0.269 e. The van der Waals surface area contributed by atoms with Crippen molar-refractivity contribution >= 4 is 28.8 Å². The molecule has 4 rings (SSSR count). The van der Waals surface area contributed by atoms with Gasteiger partial charge >= 0.3 is 0 Å². The quantitative estimate of drug-likeness (QED) is 0.230. The highest BCUT2D eigenvalue weighted by atomic mass is 32.2. The van der Waals surface area contributed by atoms with Crippen LogP contribution in [0.1, 0.15) is 49.6 Å². The van der Waals surface area contributed by atoms with Gasteiger partial charge in [-0.3, -0.25) is 10.1 Å². The number of non-ortho nitro benzene ring substituents is 1. The highest BCUT2D eigenvalue weighted by Gasteiger charge is 2.33. The lowest BCUT2D eigenvalue weighted by Crippen LogP contribution is -2.28. The van der Waals surface area contributed by atoms with Gasteiger partial charge in [0.1, 0.15) is 11.1 Å². The van der Waals surface area contributed by atoms with Crippen molar-refractivity contribution in [3.63, 3.8) is 0 Å². The van der Waals surface area contributed by atoms with Crippen molar-refractivity contribution in [2.45, 2.75) is 50.8 Å². The molecule has 0 bridgehead atoms. The number of nitro groups is 1. The fourth-order valence-electron chi connectivity index (χ4n) is 4.24. The molecule has 7 heteroatoms. The van der Waals surface area contributed by atoms with E-state index in [1.165, 1.54) is 29.5 Å². The van der Waals surface area contributed by atoms with Crippen molar-refractivity contribution in [2.24, 2.45) is 11.3 Å². The number of hydrogen-bond acceptors (Lipinski definition) is 6. The highest BCUT2D eigenvalue weighted by Crippen LogP contribution is 2.44. The van der Waals surface area contributed by atoms with Crippen LogP contribution in [0.5, 0.6) is 0 Å². The number of thiophene rings is 1. The van der Waals surface area contributed by atoms with Crippen LogP contribution < -0.4 is 0 Å². The van der Waals surface area contributed by atoms with Crippen LogP contribution in [0, 0.1) is 32.8 Å². The van der Waals surface area contributed by atoms with E-state index < -0.39 is 4.92 Å². The molecule has 0 unspecified atom stereocenters. The zero-order chi connectivity index (χ0) is 22.9. The van der Waals surface area contributed by atoms with Gasteiger partial charge in [0.2, 0.25) is 0 Å². The van der Waals surface area contributed by atoms with Crippen molar-refractivity contribution < 1.29 is 4.92 Å². The Morgan fingerprint density at radius 1 is 1.28 bits per heavy atom. The Bertz CT molecular complexity index is 1170. The first-order chi connectivity index (χ1) is 15.3. The number of rotatable bonds is 5. The van der Waals surface area contributed by atoms with Crippen LogP contribution in [0.4, 0.5) is 5.69 Å². The van der Waals surface area contributed by atoms with E-state index in [1.807, 2.05) is 6.07 Å². The number of pyridine rings is 1. The molecular weight excluding hydrogens is 438 g/mol. The van der Waals surface area contributed by atoms with Gasteiger partial charge in [0.15, 0.2) is 0 Å². The summed E-state index contributed by atoms with van der Waals surface area (Å²) in [6.07, 6.45) is 2.97. The molecule has 0 radical (unpaired) electrons. The normalized spacial score (nSPS) is 15.8. The number of nitro benzene ring substituents is 1. The first kappa shape index (κ1) is 22.5. The Hall–Kier alpha value is -2.69. The van der Waals surface area contributed by atoms with E-state index in [0.717, 1.165) is 46.0 Å². The second-order valence-corrected chi connectivity index (χ2v) is 11.1. The van der Waals surface area contributed by atoms with Crippen LogP contribution in [-0.2, 0) is 18.6 Å². The van der Waals surface area contributed by atoms with Crippen LogP contribution in [-0.4, -0.2) is 9.91 Å². The number of hydrogen-bond donors (Lipinski definition) is 0. The molecule has 0 fully saturated rings. The van der Waals surface area contributed by atoms with E-state index in [2.05, 4.69) is 38.3 Å². The van der Waals surface area contributed by atoms with Crippen LogP contribution in [0.3, 0.4) is 0 Å². The Labute approximate surface area is 196 Å². The average molecular weight is 464 g/mol. The molecule has 1 aromatic carbocycles. The third-order valence-electron chi connectivity index (χ3n) is 6.16. The molecule has 164 valence electrons. The third-order valence-corrected chi connectivity index (χ3v) is 8.09. The van der Waals surface area contributed by atoms with Gasteiger partial charge in [-0.05, 0) is 53.2 Å². The predicted molar refractivity (Wildman–Crippen MR) is 130 cm³/mol. The van der Waals surface area contributed by atoms with Gasteiger partial charge in [0, 0.05) is 34.0 Å². The zero-order valence-corrected chi connectivity index (χ0v) is 20.1. The van der Waals surface area contributed by atoms with Crippen molar-refractivity contribution in [1.29, 1.82) is 5.26 Å². The van der Waals surface area contributed by atoms with Gasteiger partial charge in [-0.15, -0.1) is 23.1 Å². The SMILES string of the molecule is CC(C)(C)[C@H]1CCc2nc(SCc3ccc([N+](=O)[O-])cc3)c(C#N)c(-c3cccs3)c2C1. The minimum absolute atomic E-state index is 0.0803. The lowest BCUT2D eigenvalue weighted by molar-refractivity contribution is -0.384. The van der Waals surface area contributed by atoms with E-state index in [-0.39, 0.29) is 11.1 Å². The summed E-state index contributed by atoms with van der Waals surface area (Å²) in [5.74, 6) is 1.16. The average Bonchev–Trinajstić information content (AvgIpc) is 3.30. The molecule has 0 amide bonds. The van der Waals surface area contributed by atoms with E-state index in [0.29, 0.717) is 17.2 Å². The molecule has 2 aromatic heterocycles. The topological polar surface area (TPSA) is 79.8 Å². The second kappa shape index (κ2) is 9.05. The third kappa shape index (κ3) is 4.57. The second-order valence-electron chi connectivity index (χ2n) is 9.20. The molecular formula is C25H25N3O2S2. The lowest BCUT2D eigenvalue weighted by Gasteiger charge is -2.35. The molecule has 0 spiro atoms. The summed E-state index contributed by atoms with van der Waals surface area (Å²) < 4.78 is 0. The molecule has 0 saturated heterocycles. The van der Waals surface area contributed by atoms with Gasteiger partial charge in [-0.1, -0.05) is 39.0 Å². The first-order valence-electron chi connectivity index (χ1n) is 10.6. The maximum absolute atomic E-state index is 10.9. The van der Waals surface area contributed by atoms with Gasteiger partial charge in [0.25, 0.3) is 5.69 Å². The van der Waals surface area contributed by atoms with Crippen molar-refractivity contribution in [3.05, 3.63) is 74.3 Å². The fourth-order valence-corrected chi connectivity index (χ4v) is 6.01. The molecule has 32 heavy (non-hydrogen) atoms. The summed E-state index contributed by atoms with van der Waals surface area (Å²) in [6.45, 7) is 6.88. The minimum atomic E-state index is -0.395. The van der Waals surface area contributed by atoms with Crippen LogP contribution >= 0.6 is 23.1 Å². The summed E-state index contributed by atoms with van der Waals surface area (Å²) in [4.78, 5) is 16.6. The molecule has 0 aliphatic heterocycles. The number of nitriles is 1. The van der Waals surface area contributed by atoms with Crippen molar-refractivity contribution in [2.75, 3.05) is 0 Å². The molecule has 2 heterocycles. The summed E-state index contributed by atoms with van der Waals surface area (Å²) in [7, 11) is 0. The molecule has 1 aliphatic rings. The molecule has 0 N–H and O–H groups in total. The maximum atomic E-state index is 10.9. The van der Waals surface area contributed by atoms with E-state index in [1.54, 1.807) is 23.5 Å². The summed E-state index contributed by atoms with van der Waals surface area (Å²) >= 11 is 3.19. The number of benzene rings is 1.